The number of carbonyl (C=O) groups excluding carboxylic acids is 2. The van der Waals surface area contributed by atoms with Crippen LogP contribution in [-0.2, 0) is 27.3 Å². The predicted molar refractivity (Wildman–Crippen MR) is 128 cm³/mol. The summed E-state index contributed by atoms with van der Waals surface area (Å²) in [5, 5.41) is 2.75. The van der Waals surface area contributed by atoms with E-state index in [4.69, 9.17) is 4.74 Å². The number of para-hydroxylation sites is 2. The lowest BCUT2D eigenvalue weighted by atomic mass is 10.1. The van der Waals surface area contributed by atoms with Gasteiger partial charge in [-0.2, -0.15) is 0 Å². The zero-order chi connectivity index (χ0) is 24.7. The zero-order valence-corrected chi connectivity index (χ0v) is 19.7. The van der Waals surface area contributed by atoms with Crippen LogP contribution in [0.4, 0.5) is 4.39 Å². The summed E-state index contributed by atoms with van der Waals surface area (Å²) < 4.78 is 20.1. The van der Waals surface area contributed by atoms with Crippen molar-refractivity contribution in [3.05, 3.63) is 76.0 Å². The van der Waals surface area contributed by atoms with Crippen LogP contribution in [0.3, 0.4) is 0 Å². The molecule has 2 unspecified atom stereocenters. The van der Waals surface area contributed by atoms with Gasteiger partial charge in [-0.3, -0.25) is 14.4 Å². The van der Waals surface area contributed by atoms with Crippen molar-refractivity contribution >= 4 is 22.9 Å². The first-order valence-corrected chi connectivity index (χ1v) is 11.5. The highest BCUT2D eigenvalue weighted by Gasteiger charge is 2.21. The second kappa shape index (κ2) is 11.5. The van der Waals surface area contributed by atoms with Gasteiger partial charge >= 0.3 is 5.97 Å². The van der Waals surface area contributed by atoms with Crippen LogP contribution in [0.2, 0.25) is 0 Å². The molecule has 1 amide bonds. The molecule has 0 aliphatic heterocycles. The Kier molecular flexibility index (Phi) is 8.51. The number of nitrogens with zero attached hydrogens (tertiary/aromatic N) is 2. The third-order valence-corrected chi connectivity index (χ3v) is 5.63. The maximum Gasteiger partial charge on any atom is 0.306 e. The van der Waals surface area contributed by atoms with Gasteiger partial charge in [0.25, 0.3) is 11.5 Å². The number of halogens is 1. The molecule has 3 rings (SSSR count). The smallest absolute Gasteiger partial charge is 0.306 e. The molecule has 2 aromatic carbocycles. The van der Waals surface area contributed by atoms with E-state index in [1.807, 2.05) is 24.3 Å². The van der Waals surface area contributed by atoms with Crippen molar-refractivity contribution < 1.29 is 18.7 Å². The molecule has 7 nitrogen and oxygen atoms in total. The summed E-state index contributed by atoms with van der Waals surface area (Å²) in [5.74, 6) is -1.41. The average molecular weight is 468 g/mol. The van der Waals surface area contributed by atoms with Crippen molar-refractivity contribution in [2.24, 2.45) is 0 Å². The van der Waals surface area contributed by atoms with E-state index in [1.54, 1.807) is 23.6 Å². The summed E-state index contributed by atoms with van der Waals surface area (Å²) >= 11 is 0. The molecule has 3 aromatic rings. The summed E-state index contributed by atoms with van der Waals surface area (Å²) in [5.41, 5.74) is 2.29. The van der Waals surface area contributed by atoms with Gasteiger partial charge in [0, 0.05) is 13.0 Å². The van der Waals surface area contributed by atoms with Crippen molar-refractivity contribution in [2.75, 3.05) is 0 Å². The van der Waals surface area contributed by atoms with Gasteiger partial charge in [0.15, 0.2) is 6.10 Å². The third kappa shape index (κ3) is 6.27. The summed E-state index contributed by atoms with van der Waals surface area (Å²) in [6, 6.07) is 12.9. The fraction of sp³-hybridized carbons (Fsp3) is 0.385. The van der Waals surface area contributed by atoms with E-state index < -0.39 is 18.0 Å². The molecule has 0 saturated heterocycles. The maximum atomic E-state index is 13.1. The van der Waals surface area contributed by atoms with Gasteiger partial charge in [-0.15, -0.1) is 0 Å². The minimum Gasteiger partial charge on any atom is -0.453 e. The zero-order valence-electron chi connectivity index (χ0n) is 19.7. The monoisotopic (exact) mass is 467 g/mol. The van der Waals surface area contributed by atoms with E-state index in [-0.39, 0.29) is 30.3 Å². The van der Waals surface area contributed by atoms with Crippen molar-refractivity contribution in [1.82, 2.24) is 14.9 Å². The molecular weight excluding hydrogens is 437 g/mol. The van der Waals surface area contributed by atoms with Crippen molar-refractivity contribution in [3.63, 3.8) is 0 Å². The lowest BCUT2D eigenvalue weighted by Gasteiger charge is -2.18. The second-order valence-corrected chi connectivity index (χ2v) is 8.27. The summed E-state index contributed by atoms with van der Waals surface area (Å²) in [4.78, 5) is 42.2. The van der Waals surface area contributed by atoms with Crippen molar-refractivity contribution in [2.45, 2.75) is 65.1 Å². The van der Waals surface area contributed by atoms with Crippen LogP contribution < -0.4 is 10.9 Å². The van der Waals surface area contributed by atoms with Crippen LogP contribution in [-0.4, -0.2) is 27.5 Å². The SMILES string of the molecule is CCCCn1c(=O)c(CCC(=O)OC(C)C(=O)NC(C)c2ccc(F)cc2)nc2ccccc21. The highest BCUT2D eigenvalue weighted by molar-refractivity contribution is 5.83. The number of rotatable bonds is 10. The van der Waals surface area contributed by atoms with Gasteiger partial charge in [-0.25, -0.2) is 9.37 Å². The van der Waals surface area contributed by atoms with Gasteiger partial charge in [0.2, 0.25) is 0 Å². The number of unbranched alkanes of at least 4 members (excludes halogenated alkanes) is 1. The molecule has 0 aliphatic rings. The molecule has 0 aliphatic carbocycles. The van der Waals surface area contributed by atoms with Crippen LogP contribution >= 0.6 is 0 Å². The standard InChI is InChI=1S/C26H30FN3O4/c1-4-5-16-30-23-9-7-6-8-21(23)29-22(26(30)33)14-15-24(31)34-18(3)25(32)28-17(2)19-10-12-20(27)13-11-19/h6-13,17-18H,4-5,14-16H2,1-3H3,(H,28,32). The van der Waals surface area contributed by atoms with E-state index in [0.29, 0.717) is 17.8 Å². The number of amides is 1. The van der Waals surface area contributed by atoms with E-state index in [2.05, 4.69) is 17.2 Å². The molecule has 34 heavy (non-hydrogen) atoms. The number of esters is 1. The number of nitrogens with one attached hydrogen (secondary N) is 1. The number of hydrogen-bond donors (Lipinski definition) is 1. The molecule has 1 heterocycles. The quantitative estimate of drug-likeness (QED) is 0.454. The van der Waals surface area contributed by atoms with Crippen LogP contribution in [0.25, 0.3) is 11.0 Å². The Balaban J connectivity index is 1.60. The van der Waals surface area contributed by atoms with Crippen LogP contribution in [0.5, 0.6) is 0 Å². The molecule has 0 saturated carbocycles. The predicted octanol–water partition coefficient (Wildman–Crippen LogP) is 4.08. The van der Waals surface area contributed by atoms with Crippen molar-refractivity contribution in [1.29, 1.82) is 0 Å². The first kappa shape index (κ1) is 25.1. The fourth-order valence-corrected chi connectivity index (χ4v) is 3.64. The Bertz CT molecular complexity index is 1210. The first-order valence-electron chi connectivity index (χ1n) is 11.5. The molecule has 2 atom stereocenters. The van der Waals surface area contributed by atoms with Gasteiger partial charge in [0.1, 0.15) is 11.5 Å². The largest absolute Gasteiger partial charge is 0.453 e. The Hall–Kier alpha value is -3.55. The molecule has 8 heteroatoms. The Morgan fingerprint density at radius 2 is 1.82 bits per heavy atom. The first-order chi connectivity index (χ1) is 16.3. The Labute approximate surface area is 198 Å². The summed E-state index contributed by atoms with van der Waals surface area (Å²) in [7, 11) is 0. The Morgan fingerprint density at radius 3 is 2.53 bits per heavy atom. The number of ether oxygens (including phenoxy) is 1. The van der Waals surface area contributed by atoms with E-state index in [0.717, 1.165) is 23.9 Å². The number of carbonyl (C=O) groups is 2. The highest BCUT2D eigenvalue weighted by Crippen LogP contribution is 2.14. The van der Waals surface area contributed by atoms with E-state index >= 15 is 0 Å². The van der Waals surface area contributed by atoms with Gasteiger partial charge < -0.3 is 14.6 Å². The summed E-state index contributed by atoms with van der Waals surface area (Å²) in [6.45, 7) is 5.88. The lowest BCUT2D eigenvalue weighted by Crippen LogP contribution is -2.37. The third-order valence-electron chi connectivity index (χ3n) is 5.63. The summed E-state index contributed by atoms with van der Waals surface area (Å²) in [6.07, 6.45) is 0.846. The number of benzene rings is 2. The molecule has 1 N–H and O–H groups in total. The normalized spacial score (nSPS) is 12.8. The van der Waals surface area contributed by atoms with Gasteiger partial charge in [-0.05, 0) is 50.1 Å². The fourth-order valence-electron chi connectivity index (χ4n) is 3.64. The van der Waals surface area contributed by atoms with E-state index in [1.165, 1.54) is 19.1 Å². The molecular formula is C26H30FN3O4. The number of hydrogen-bond acceptors (Lipinski definition) is 5. The lowest BCUT2D eigenvalue weighted by molar-refractivity contribution is -0.155. The average Bonchev–Trinajstić information content (AvgIpc) is 2.82. The van der Waals surface area contributed by atoms with Gasteiger partial charge in [-0.1, -0.05) is 37.6 Å². The number of fused-ring (bicyclic) bond motifs is 1. The molecule has 0 spiro atoms. The topological polar surface area (TPSA) is 90.3 Å². The second-order valence-electron chi connectivity index (χ2n) is 8.27. The molecule has 0 fully saturated rings. The minimum absolute atomic E-state index is 0.0699. The molecule has 1 aromatic heterocycles. The van der Waals surface area contributed by atoms with Crippen LogP contribution in [0, 0.1) is 5.82 Å². The number of aromatic nitrogens is 2. The highest BCUT2D eigenvalue weighted by atomic mass is 19.1. The van der Waals surface area contributed by atoms with Gasteiger partial charge in [0.05, 0.1) is 23.5 Å². The molecule has 0 radical (unpaired) electrons. The molecule has 180 valence electrons. The maximum absolute atomic E-state index is 13.1. The minimum atomic E-state index is -1.01. The van der Waals surface area contributed by atoms with Crippen LogP contribution in [0.15, 0.2) is 53.3 Å². The molecule has 0 bridgehead atoms. The Morgan fingerprint density at radius 1 is 1.12 bits per heavy atom. The van der Waals surface area contributed by atoms with Crippen molar-refractivity contribution in [3.8, 4) is 0 Å². The number of aryl methyl sites for hydroxylation is 2. The van der Waals surface area contributed by atoms with E-state index in [9.17, 15) is 18.8 Å². The van der Waals surface area contributed by atoms with Crippen LogP contribution in [0.1, 0.15) is 57.3 Å².